The molecule has 0 aromatic heterocycles. The van der Waals surface area contributed by atoms with Crippen LogP contribution in [0.2, 0.25) is 0 Å². The molecule has 1 fully saturated rings. The summed E-state index contributed by atoms with van der Waals surface area (Å²) >= 11 is 0. The molecule has 0 bridgehead atoms. The van der Waals surface area contributed by atoms with Crippen LogP contribution in [-0.4, -0.2) is 55.0 Å². The molecule has 1 aliphatic carbocycles. The molecular formula is C12H25N3O3S. The predicted octanol–water partition coefficient (Wildman–Crippen LogP) is 0.801. The lowest BCUT2D eigenvalue weighted by atomic mass is 9.93. The van der Waals surface area contributed by atoms with Crippen LogP contribution in [0.3, 0.4) is 0 Å². The van der Waals surface area contributed by atoms with E-state index in [0.29, 0.717) is 19.4 Å². The molecular weight excluding hydrogens is 266 g/mol. The van der Waals surface area contributed by atoms with Gasteiger partial charge >= 0.3 is 0 Å². The van der Waals surface area contributed by atoms with Gasteiger partial charge in [-0.25, -0.2) is 8.42 Å². The van der Waals surface area contributed by atoms with Crippen LogP contribution >= 0.6 is 0 Å². The maximum atomic E-state index is 11.7. The van der Waals surface area contributed by atoms with E-state index in [0.717, 1.165) is 25.8 Å². The first-order valence-electron chi connectivity index (χ1n) is 6.77. The van der Waals surface area contributed by atoms with E-state index in [9.17, 15) is 8.42 Å². The van der Waals surface area contributed by atoms with Gasteiger partial charge in [0, 0.05) is 25.3 Å². The van der Waals surface area contributed by atoms with Crippen LogP contribution in [0.25, 0.3) is 0 Å². The molecule has 0 saturated heterocycles. The van der Waals surface area contributed by atoms with Crippen molar-refractivity contribution in [3.8, 4) is 0 Å². The first-order chi connectivity index (χ1) is 8.88. The molecule has 0 radical (unpaired) electrons. The number of nitrogens with two attached hydrogens (primary N) is 1. The Morgan fingerprint density at radius 2 is 2.16 bits per heavy atom. The van der Waals surface area contributed by atoms with Crippen molar-refractivity contribution in [3.05, 3.63) is 0 Å². The Balaban J connectivity index is 2.60. The molecule has 1 aliphatic rings. The van der Waals surface area contributed by atoms with E-state index in [-0.39, 0.29) is 17.1 Å². The fourth-order valence-electron chi connectivity index (χ4n) is 2.75. The van der Waals surface area contributed by atoms with Crippen molar-refractivity contribution >= 4 is 15.7 Å². The van der Waals surface area contributed by atoms with E-state index in [1.54, 1.807) is 0 Å². The number of hydrogen-bond donors (Lipinski definition) is 2. The van der Waals surface area contributed by atoms with Crippen molar-refractivity contribution in [2.75, 3.05) is 19.3 Å². The third-order valence-corrected chi connectivity index (χ3v) is 5.55. The quantitative estimate of drug-likeness (QED) is 0.326. The first kappa shape index (κ1) is 16.2. The number of hydrogen-bond acceptors (Lipinski definition) is 5. The summed E-state index contributed by atoms with van der Waals surface area (Å²) < 4.78 is 23.3. The Kier molecular flexibility index (Phi) is 6.06. The molecule has 0 aliphatic heterocycles. The number of nitrogens with zero attached hydrogens (tertiary/aromatic N) is 2. The molecule has 3 N–H and O–H groups in total. The van der Waals surface area contributed by atoms with Crippen molar-refractivity contribution in [2.24, 2.45) is 10.9 Å². The molecule has 2 atom stereocenters. The minimum absolute atomic E-state index is 0.217. The van der Waals surface area contributed by atoms with E-state index < -0.39 is 9.84 Å². The van der Waals surface area contributed by atoms with Crippen molar-refractivity contribution in [3.63, 3.8) is 0 Å². The van der Waals surface area contributed by atoms with Crippen LogP contribution in [0.1, 0.15) is 39.0 Å². The van der Waals surface area contributed by atoms with Crippen LogP contribution in [0, 0.1) is 0 Å². The Hall–Kier alpha value is -0.820. The normalized spacial score (nSPS) is 25.7. The predicted molar refractivity (Wildman–Crippen MR) is 76.2 cm³/mol. The summed E-state index contributed by atoms with van der Waals surface area (Å²) in [5.74, 6) is 0.217. The standard InChI is InChI=1S/C12H25N3O3S/c1-3-15(8-7-12(13)14-16)10-5-4-6-11(9-10)19(2,17)18/h10-11,16H,3-9H2,1-2H3,(H2,13,14). The Labute approximate surface area is 115 Å². The summed E-state index contributed by atoms with van der Waals surface area (Å²) in [4.78, 5) is 2.23. The number of sulfone groups is 1. The van der Waals surface area contributed by atoms with Crippen molar-refractivity contribution in [1.82, 2.24) is 4.90 Å². The van der Waals surface area contributed by atoms with Gasteiger partial charge < -0.3 is 15.8 Å². The van der Waals surface area contributed by atoms with E-state index >= 15 is 0 Å². The number of oxime groups is 1. The van der Waals surface area contributed by atoms with Crippen LogP contribution in [0.4, 0.5) is 0 Å². The monoisotopic (exact) mass is 291 g/mol. The zero-order valence-corrected chi connectivity index (χ0v) is 12.6. The van der Waals surface area contributed by atoms with Gasteiger partial charge in [-0.05, 0) is 25.8 Å². The van der Waals surface area contributed by atoms with Crippen LogP contribution in [0.15, 0.2) is 5.16 Å². The molecule has 7 heteroatoms. The highest BCUT2D eigenvalue weighted by molar-refractivity contribution is 7.91. The maximum Gasteiger partial charge on any atom is 0.150 e. The van der Waals surface area contributed by atoms with Crippen LogP contribution in [-0.2, 0) is 9.84 Å². The average Bonchev–Trinajstić information content (AvgIpc) is 2.38. The second-order valence-corrected chi connectivity index (χ2v) is 7.57. The molecule has 0 aromatic carbocycles. The smallest absolute Gasteiger partial charge is 0.150 e. The SMILES string of the molecule is CCN(CCC(N)=NO)C1CCCC(S(C)(=O)=O)C1. The summed E-state index contributed by atoms with van der Waals surface area (Å²) in [6.07, 6.45) is 5.27. The van der Waals surface area contributed by atoms with Crippen molar-refractivity contribution in [2.45, 2.75) is 50.3 Å². The molecule has 1 saturated carbocycles. The number of rotatable bonds is 6. The van der Waals surface area contributed by atoms with Gasteiger partial charge in [-0.15, -0.1) is 0 Å². The summed E-state index contributed by atoms with van der Waals surface area (Å²) in [6.45, 7) is 3.60. The topological polar surface area (TPSA) is 96.0 Å². The van der Waals surface area contributed by atoms with Crippen LogP contribution < -0.4 is 5.73 Å². The molecule has 0 aromatic rings. The van der Waals surface area contributed by atoms with Crippen molar-refractivity contribution in [1.29, 1.82) is 0 Å². The fraction of sp³-hybridized carbons (Fsp3) is 0.917. The van der Waals surface area contributed by atoms with Gasteiger partial charge in [0.1, 0.15) is 15.7 Å². The third-order valence-electron chi connectivity index (χ3n) is 3.91. The molecule has 0 heterocycles. The highest BCUT2D eigenvalue weighted by atomic mass is 32.2. The molecule has 19 heavy (non-hydrogen) atoms. The molecule has 6 nitrogen and oxygen atoms in total. The van der Waals surface area contributed by atoms with E-state index in [4.69, 9.17) is 10.9 Å². The minimum atomic E-state index is -2.95. The summed E-state index contributed by atoms with van der Waals surface area (Å²) in [5.41, 5.74) is 5.48. The average molecular weight is 291 g/mol. The molecule has 112 valence electrons. The highest BCUT2D eigenvalue weighted by Gasteiger charge is 2.31. The Bertz CT molecular complexity index is 408. The fourth-order valence-corrected chi connectivity index (χ4v) is 3.91. The molecule has 0 spiro atoms. The lowest BCUT2D eigenvalue weighted by Gasteiger charge is -2.36. The second-order valence-electron chi connectivity index (χ2n) is 5.24. The van der Waals surface area contributed by atoms with Gasteiger partial charge in [0.15, 0.2) is 0 Å². The molecule has 1 rings (SSSR count). The summed E-state index contributed by atoms with van der Waals surface area (Å²) in [6, 6.07) is 0.282. The lowest BCUT2D eigenvalue weighted by Crippen LogP contribution is -2.43. The third kappa shape index (κ3) is 4.99. The summed E-state index contributed by atoms with van der Waals surface area (Å²) in [7, 11) is -2.95. The van der Waals surface area contributed by atoms with Gasteiger partial charge in [-0.3, -0.25) is 0 Å². The second kappa shape index (κ2) is 7.09. The molecule has 0 amide bonds. The number of amidine groups is 1. The van der Waals surface area contributed by atoms with E-state index in [1.807, 2.05) is 0 Å². The van der Waals surface area contributed by atoms with Gasteiger partial charge in [0.25, 0.3) is 0 Å². The van der Waals surface area contributed by atoms with E-state index in [1.165, 1.54) is 6.26 Å². The van der Waals surface area contributed by atoms with Gasteiger partial charge in [0.2, 0.25) is 0 Å². The maximum absolute atomic E-state index is 11.7. The van der Waals surface area contributed by atoms with Crippen LogP contribution in [0.5, 0.6) is 0 Å². The minimum Gasteiger partial charge on any atom is -0.409 e. The van der Waals surface area contributed by atoms with Gasteiger partial charge in [-0.2, -0.15) is 0 Å². The van der Waals surface area contributed by atoms with Gasteiger partial charge in [-0.1, -0.05) is 18.5 Å². The van der Waals surface area contributed by atoms with Gasteiger partial charge in [0.05, 0.1) is 5.25 Å². The highest BCUT2D eigenvalue weighted by Crippen LogP contribution is 2.27. The Morgan fingerprint density at radius 1 is 1.47 bits per heavy atom. The Morgan fingerprint density at radius 3 is 2.68 bits per heavy atom. The van der Waals surface area contributed by atoms with E-state index in [2.05, 4.69) is 17.0 Å². The molecule has 2 unspecified atom stereocenters. The first-order valence-corrected chi connectivity index (χ1v) is 8.73. The zero-order chi connectivity index (χ0) is 14.5. The zero-order valence-electron chi connectivity index (χ0n) is 11.7. The largest absolute Gasteiger partial charge is 0.409 e. The lowest BCUT2D eigenvalue weighted by molar-refractivity contribution is 0.168. The summed E-state index contributed by atoms with van der Waals surface area (Å²) in [5, 5.41) is 11.3. The van der Waals surface area contributed by atoms with Crippen molar-refractivity contribution < 1.29 is 13.6 Å².